The Morgan fingerprint density at radius 3 is 2.84 bits per heavy atom. The number of rotatable bonds is 2. The summed E-state index contributed by atoms with van der Waals surface area (Å²) in [7, 11) is 0. The van der Waals surface area contributed by atoms with Crippen LogP contribution in [0.4, 0.5) is 0 Å². The van der Waals surface area contributed by atoms with E-state index in [1.54, 1.807) is 6.07 Å². The number of hydrogen-bond donors (Lipinski definition) is 1. The van der Waals surface area contributed by atoms with Crippen LogP contribution < -0.4 is 0 Å². The average molecular weight is 324 g/mol. The van der Waals surface area contributed by atoms with E-state index < -0.39 is 0 Å². The molecule has 2 aliphatic rings. The molecule has 3 rings (SSSR count). The van der Waals surface area contributed by atoms with Gasteiger partial charge in [0.15, 0.2) is 0 Å². The third-order valence-corrected chi connectivity index (χ3v) is 5.53. The summed E-state index contributed by atoms with van der Waals surface area (Å²) in [6.07, 6.45) is 8.34. The number of likely N-dealkylation sites (tertiary alicyclic amines) is 1. The van der Waals surface area contributed by atoms with Crippen LogP contribution >= 0.6 is 15.9 Å². The van der Waals surface area contributed by atoms with Gasteiger partial charge in [-0.1, -0.05) is 28.8 Å². The van der Waals surface area contributed by atoms with E-state index >= 15 is 0 Å². The molecule has 1 heterocycles. The Bertz CT molecular complexity index is 446. The monoisotopic (exact) mass is 323 g/mol. The highest BCUT2D eigenvalue weighted by molar-refractivity contribution is 9.10. The first-order chi connectivity index (χ1) is 9.24. The van der Waals surface area contributed by atoms with Gasteiger partial charge in [0.1, 0.15) is 5.75 Å². The zero-order valence-electron chi connectivity index (χ0n) is 11.3. The average Bonchev–Trinajstić information content (AvgIpc) is 2.43. The summed E-state index contributed by atoms with van der Waals surface area (Å²) in [6.45, 7) is 2.18. The summed E-state index contributed by atoms with van der Waals surface area (Å²) >= 11 is 3.61. The van der Waals surface area contributed by atoms with Crippen LogP contribution in [0.25, 0.3) is 0 Å². The predicted molar refractivity (Wildman–Crippen MR) is 81.2 cm³/mol. The van der Waals surface area contributed by atoms with E-state index in [2.05, 4.69) is 20.8 Å². The largest absolute Gasteiger partial charge is 0.508 e. The minimum Gasteiger partial charge on any atom is -0.508 e. The first kappa shape index (κ1) is 13.4. The van der Waals surface area contributed by atoms with E-state index in [-0.39, 0.29) is 0 Å². The molecule has 1 N–H and O–H groups in total. The number of fused-ring (bicyclic) bond motifs is 1. The number of phenols is 1. The van der Waals surface area contributed by atoms with Gasteiger partial charge < -0.3 is 5.11 Å². The van der Waals surface area contributed by atoms with Gasteiger partial charge in [-0.25, -0.2) is 0 Å². The molecule has 1 saturated carbocycles. The molecule has 1 aromatic carbocycles. The zero-order chi connectivity index (χ0) is 13.2. The van der Waals surface area contributed by atoms with Gasteiger partial charge in [-0.15, -0.1) is 0 Å². The lowest BCUT2D eigenvalue weighted by Crippen LogP contribution is -2.46. The second kappa shape index (κ2) is 5.84. The van der Waals surface area contributed by atoms with Crippen molar-refractivity contribution in [2.45, 2.75) is 51.1 Å². The maximum Gasteiger partial charge on any atom is 0.115 e. The number of piperidine rings is 1. The third kappa shape index (κ3) is 2.97. The maximum absolute atomic E-state index is 9.66. The number of nitrogens with zero attached hydrogens (tertiary/aromatic N) is 1. The smallest absolute Gasteiger partial charge is 0.115 e. The van der Waals surface area contributed by atoms with Gasteiger partial charge in [-0.2, -0.15) is 0 Å². The fraction of sp³-hybridized carbons (Fsp3) is 0.625. The van der Waals surface area contributed by atoms with Gasteiger partial charge in [0.05, 0.1) is 0 Å². The number of aromatic hydroxyl groups is 1. The van der Waals surface area contributed by atoms with Gasteiger partial charge >= 0.3 is 0 Å². The van der Waals surface area contributed by atoms with Gasteiger partial charge in [-0.3, -0.25) is 4.90 Å². The minimum absolute atomic E-state index is 0.371. The summed E-state index contributed by atoms with van der Waals surface area (Å²) in [4.78, 5) is 2.65. The molecule has 3 heteroatoms. The summed E-state index contributed by atoms with van der Waals surface area (Å²) < 4.78 is 1.11. The highest BCUT2D eigenvalue weighted by Crippen LogP contribution is 2.36. The molecule has 1 aromatic rings. The molecule has 1 aliphatic carbocycles. The van der Waals surface area contributed by atoms with Crippen LogP contribution in [0.5, 0.6) is 5.75 Å². The Morgan fingerprint density at radius 2 is 1.95 bits per heavy atom. The van der Waals surface area contributed by atoms with Gasteiger partial charge in [0.2, 0.25) is 0 Å². The lowest BCUT2D eigenvalue weighted by Gasteiger charge is -2.44. The van der Waals surface area contributed by atoms with E-state index in [9.17, 15) is 5.11 Å². The van der Waals surface area contributed by atoms with E-state index in [0.29, 0.717) is 5.75 Å². The SMILES string of the molecule is Oc1ccc(Br)c(CN2CCCC3CCCCC32)c1. The molecule has 2 atom stereocenters. The van der Waals surface area contributed by atoms with Crippen molar-refractivity contribution in [3.05, 3.63) is 28.2 Å². The quantitative estimate of drug-likeness (QED) is 0.876. The standard InChI is InChI=1S/C16H22BrNO/c17-15-8-7-14(19)10-13(15)11-18-9-3-5-12-4-1-2-6-16(12)18/h7-8,10,12,16,19H,1-6,9,11H2. The van der Waals surface area contributed by atoms with Crippen molar-refractivity contribution in [2.75, 3.05) is 6.54 Å². The Labute approximate surface area is 123 Å². The second-order valence-electron chi connectivity index (χ2n) is 6.00. The van der Waals surface area contributed by atoms with Crippen molar-refractivity contribution < 1.29 is 5.11 Å². The normalized spacial score (nSPS) is 28.1. The number of hydrogen-bond acceptors (Lipinski definition) is 2. The van der Waals surface area contributed by atoms with Crippen molar-refractivity contribution in [1.29, 1.82) is 0 Å². The number of halogens is 1. The summed E-state index contributed by atoms with van der Waals surface area (Å²) in [5.74, 6) is 1.29. The lowest BCUT2D eigenvalue weighted by molar-refractivity contribution is 0.0545. The molecule has 2 unspecified atom stereocenters. The van der Waals surface area contributed by atoms with Gasteiger partial charge in [-0.05, 0) is 61.9 Å². The minimum atomic E-state index is 0.371. The third-order valence-electron chi connectivity index (χ3n) is 4.76. The fourth-order valence-corrected chi connectivity index (χ4v) is 4.20. The van der Waals surface area contributed by atoms with Crippen LogP contribution in [-0.4, -0.2) is 22.6 Å². The van der Waals surface area contributed by atoms with E-state index in [4.69, 9.17) is 0 Å². The number of benzene rings is 1. The first-order valence-electron chi connectivity index (χ1n) is 7.45. The molecule has 1 aliphatic heterocycles. The molecule has 0 amide bonds. The Balaban J connectivity index is 1.75. The van der Waals surface area contributed by atoms with E-state index in [0.717, 1.165) is 23.0 Å². The predicted octanol–water partition coefficient (Wildman–Crippen LogP) is 4.31. The molecule has 0 aromatic heterocycles. The van der Waals surface area contributed by atoms with Crippen molar-refractivity contribution in [3.63, 3.8) is 0 Å². The van der Waals surface area contributed by atoms with Crippen LogP contribution in [0, 0.1) is 5.92 Å². The molecule has 2 fully saturated rings. The highest BCUT2D eigenvalue weighted by Gasteiger charge is 2.33. The molecule has 19 heavy (non-hydrogen) atoms. The Kier molecular flexibility index (Phi) is 4.13. The van der Waals surface area contributed by atoms with Crippen molar-refractivity contribution in [2.24, 2.45) is 5.92 Å². The topological polar surface area (TPSA) is 23.5 Å². The summed E-state index contributed by atoms with van der Waals surface area (Å²) in [6, 6.07) is 6.37. The molecule has 0 radical (unpaired) electrons. The zero-order valence-corrected chi connectivity index (χ0v) is 12.9. The van der Waals surface area contributed by atoms with Crippen LogP contribution in [0.1, 0.15) is 44.1 Å². The lowest BCUT2D eigenvalue weighted by atomic mass is 9.78. The molecule has 0 bridgehead atoms. The van der Waals surface area contributed by atoms with Crippen molar-refractivity contribution >= 4 is 15.9 Å². The molecule has 2 nitrogen and oxygen atoms in total. The molecule has 1 saturated heterocycles. The van der Waals surface area contributed by atoms with Crippen molar-refractivity contribution in [1.82, 2.24) is 4.90 Å². The highest BCUT2D eigenvalue weighted by atomic mass is 79.9. The second-order valence-corrected chi connectivity index (χ2v) is 6.85. The first-order valence-corrected chi connectivity index (χ1v) is 8.25. The van der Waals surface area contributed by atoms with Crippen LogP contribution in [0.2, 0.25) is 0 Å². The summed E-state index contributed by atoms with van der Waals surface area (Å²) in [5.41, 5.74) is 1.21. The van der Waals surface area contributed by atoms with Gasteiger partial charge in [0.25, 0.3) is 0 Å². The molecular formula is C16H22BrNO. The summed E-state index contributed by atoms with van der Waals surface area (Å²) in [5, 5.41) is 9.66. The molecule has 0 spiro atoms. The maximum atomic E-state index is 9.66. The van der Waals surface area contributed by atoms with Crippen LogP contribution in [0.3, 0.4) is 0 Å². The molecule has 104 valence electrons. The fourth-order valence-electron chi connectivity index (χ4n) is 3.83. The van der Waals surface area contributed by atoms with Crippen LogP contribution in [-0.2, 0) is 6.54 Å². The molecular weight excluding hydrogens is 302 g/mol. The van der Waals surface area contributed by atoms with Crippen molar-refractivity contribution in [3.8, 4) is 5.75 Å². The van der Waals surface area contributed by atoms with E-state index in [1.807, 2.05) is 12.1 Å². The van der Waals surface area contributed by atoms with Gasteiger partial charge in [0, 0.05) is 17.1 Å². The van der Waals surface area contributed by atoms with Crippen LogP contribution in [0.15, 0.2) is 22.7 Å². The van der Waals surface area contributed by atoms with E-state index in [1.165, 1.54) is 50.6 Å². The Hall–Kier alpha value is -0.540. The number of phenolic OH excluding ortho intramolecular Hbond substituents is 1. The Morgan fingerprint density at radius 1 is 1.16 bits per heavy atom.